The molecule has 20 heavy (non-hydrogen) atoms. The maximum atomic E-state index is 10.8. The average molecular weight is 270 g/mol. The summed E-state index contributed by atoms with van der Waals surface area (Å²) < 4.78 is 7.54. The van der Waals surface area contributed by atoms with Crippen LogP contribution < -0.4 is 4.74 Å². The van der Waals surface area contributed by atoms with Crippen LogP contribution in [-0.4, -0.2) is 22.2 Å². The van der Waals surface area contributed by atoms with E-state index in [9.17, 15) is 4.79 Å². The zero-order chi connectivity index (χ0) is 14.1. The van der Waals surface area contributed by atoms with Gasteiger partial charge in [0.05, 0.1) is 23.6 Å². The summed E-state index contributed by atoms with van der Waals surface area (Å²) in [4.78, 5) is 10.8. The Balaban J connectivity index is 1.99. The van der Waals surface area contributed by atoms with E-state index in [0.717, 1.165) is 17.7 Å². The molecule has 3 rings (SSSR count). The molecule has 1 fully saturated rings. The number of aldehydes is 1. The molecule has 4 nitrogen and oxygen atoms in total. The summed E-state index contributed by atoms with van der Waals surface area (Å²) in [5.74, 6) is 1.51. The van der Waals surface area contributed by atoms with Gasteiger partial charge in [-0.2, -0.15) is 5.10 Å². The summed E-state index contributed by atoms with van der Waals surface area (Å²) in [5.41, 5.74) is 2.81. The van der Waals surface area contributed by atoms with Crippen LogP contribution in [0.1, 0.15) is 48.5 Å². The molecule has 104 valence electrons. The Morgan fingerprint density at radius 3 is 2.75 bits per heavy atom. The van der Waals surface area contributed by atoms with Crippen molar-refractivity contribution >= 4 is 6.29 Å². The van der Waals surface area contributed by atoms with E-state index in [4.69, 9.17) is 4.74 Å². The van der Waals surface area contributed by atoms with Crippen LogP contribution in [0.15, 0.2) is 30.6 Å². The minimum Gasteiger partial charge on any atom is -0.491 e. The summed E-state index contributed by atoms with van der Waals surface area (Å²) in [7, 11) is 0. The number of carbonyl (C=O) groups is 1. The monoisotopic (exact) mass is 270 g/mol. The second-order valence-corrected chi connectivity index (χ2v) is 5.54. The highest BCUT2D eigenvalue weighted by Gasteiger charge is 2.24. The van der Waals surface area contributed by atoms with Gasteiger partial charge in [-0.15, -0.1) is 0 Å². The van der Waals surface area contributed by atoms with Gasteiger partial charge in [0.25, 0.3) is 0 Å². The molecule has 0 bridgehead atoms. The molecular formula is C16H18N2O2. The highest BCUT2D eigenvalue weighted by molar-refractivity contribution is 5.73. The van der Waals surface area contributed by atoms with E-state index in [0.29, 0.717) is 11.5 Å². The lowest BCUT2D eigenvalue weighted by Gasteiger charge is -2.13. The van der Waals surface area contributed by atoms with E-state index in [1.807, 2.05) is 19.9 Å². The zero-order valence-electron chi connectivity index (χ0n) is 11.7. The number of hydrogen-bond acceptors (Lipinski definition) is 3. The number of rotatable bonds is 5. The van der Waals surface area contributed by atoms with E-state index in [1.165, 1.54) is 18.4 Å². The van der Waals surface area contributed by atoms with Crippen molar-refractivity contribution in [2.45, 2.75) is 38.7 Å². The van der Waals surface area contributed by atoms with Crippen molar-refractivity contribution in [2.24, 2.45) is 0 Å². The lowest BCUT2D eigenvalue weighted by molar-refractivity contribution is 0.112. The predicted octanol–water partition coefficient (Wildman–Crippen LogP) is 3.35. The Kier molecular flexibility index (Phi) is 3.30. The van der Waals surface area contributed by atoms with E-state index >= 15 is 0 Å². The van der Waals surface area contributed by atoms with Crippen molar-refractivity contribution in [3.05, 3.63) is 41.7 Å². The molecule has 1 heterocycles. The molecule has 0 unspecified atom stereocenters. The maximum absolute atomic E-state index is 10.8. The van der Waals surface area contributed by atoms with Gasteiger partial charge in [0.15, 0.2) is 6.29 Å². The summed E-state index contributed by atoms with van der Waals surface area (Å²) in [6, 6.07) is 6.21. The Morgan fingerprint density at radius 2 is 2.15 bits per heavy atom. The predicted molar refractivity (Wildman–Crippen MR) is 76.7 cm³/mol. The number of carbonyl (C=O) groups excluding carboxylic acids is 1. The zero-order valence-corrected chi connectivity index (χ0v) is 11.7. The van der Waals surface area contributed by atoms with Crippen molar-refractivity contribution in [3.63, 3.8) is 0 Å². The van der Waals surface area contributed by atoms with Crippen molar-refractivity contribution in [3.8, 4) is 11.4 Å². The molecule has 0 N–H and O–H groups in total. The van der Waals surface area contributed by atoms with Gasteiger partial charge in [0, 0.05) is 12.3 Å². The fourth-order valence-corrected chi connectivity index (χ4v) is 2.27. The molecule has 0 radical (unpaired) electrons. The van der Waals surface area contributed by atoms with Crippen LogP contribution in [0, 0.1) is 0 Å². The largest absolute Gasteiger partial charge is 0.491 e. The second kappa shape index (κ2) is 5.12. The molecule has 0 atom stereocenters. The lowest BCUT2D eigenvalue weighted by Crippen LogP contribution is -2.07. The molecule has 1 aromatic heterocycles. The van der Waals surface area contributed by atoms with Crippen LogP contribution in [0.2, 0.25) is 0 Å². The standard InChI is InChI=1S/C16H18N2O2/c1-11(2)20-16-6-14(13-3-4-13)5-15(7-16)18-9-12(10-19)8-17-18/h5-11,13H,3-4H2,1-2H3. The van der Waals surface area contributed by atoms with E-state index in [2.05, 4.69) is 17.2 Å². The average Bonchev–Trinajstić information content (AvgIpc) is 3.15. The molecule has 0 saturated heterocycles. The number of hydrogen-bond donors (Lipinski definition) is 0. The molecule has 0 aliphatic heterocycles. The van der Waals surface area contributed by atoms with Crippen LogP contribution in [0.5, 0.6) is 5.75 Å². The van der Waals surface area contributed by atoms with Gasteiger partial charge in [-0.3, -0.25) is 4.79 Å². The van der Waals surface area contributed by atoms with E-state index < -0.39 is 0 Å². The van der Waals surface area contributed by atoms with Crippen molar-refractivity contribution in [1.29, 1.82) is 0 Å². The van der Waals surface area contributed by atoms with Crippen LogP contribution >= 0.6 is 0 Å². The van der Waals surface area contributed by atoms with Crippen molar-refractivity contribution in [2.75, 3.05) is 0 Å². The first-order valence-electron chi connectivity index (χ1n) is 6.97. The third-order valence-electron chi connectivity index (χ3n) is 3.34. The third-order valence-corrected chi connectivity index (χ3v) is 3.34. The summed E-state index contributed by atoms with van der Waals surface area (Å²) in [5, 5.41) is 4.23. The lowest BCUT2D eigenvalue weighted by atomic mass is 10.1. The van der Waals surface area contributed by atoms with Gasteiger partial charge < -0.3 is 4.74 Å². The van der Waals surface area contributed by atoms with Gasteiger partial charge in [-0.05, 0) is 50.3 Å². The normalized spacial score (nSPS) is 14.6. The third kappa shape index (κ3) is 2.74. The van der Waals surface area contributed by atoms with E-state index in [-0.39, 0.29) is 6.10 Å². The topological polar surface area (TPSA) is 44.1 Å². The smallest absolute Gasteiger partial charge is 0.153 e. The molecular weight excluding hydrogens is 252 g/mol. The maximum Gasteiger partial charge on any atom is 0.153 e. The van der Waals surface area contributed by atoms with Gasteiger partial charge in [0.1, 0.15) is 5.75 Å². The summed E-state index contributed by atoms with van der Waals surface area (Å²) in [6.45, 7) is 4.03. The molecule has 2 aromatic rings. The number of ether oxygens (including phenoxy) is 1. The highest BCUT2D eigenvalue weighted by atomic mass is 16.5. The molecule has 0 amide bonds. The van der Waals surface area contributed by atoms with Gasteiger partial charge in [-0.25, -0.2) is 4.68 Å². The Morgan fingerprint density at radius 1 is 1.35 bits per heavy atom. The van der Waals surface area contributed by atoms with Crippen LogP contribution in [0.3, 0.4) is 0 Å². The second-order valence-electron chi connectivity index (χ2n) is 5.54. The SMILES string of the molecule is CC(C)Oc1cc(C2CC2)cc(-n2cc(C=O)cn2)c1. The van der Waals surface area contributed by atoms with Crippen LogP contribution in [-0.2, 0) is 0 Å². The van der Waals surface area contributed by atoms with Crippen LogP contribution in [0.25, 0.3) is 5.69 Å². The highest BCUT2D eigenvalue weighted by Crippen LogP contribution is 2.42. The first-order valence-corrected chi connectivity index (χ1v) is 6.97. The first kappa shape index (κ1) is 12.9. The fraction of sp³-hybridized carbons (Fsp3) is 0.375. The molecule has 0 spiro atoms. The minimum atomic E-state index is 0.139. The summed E-state index contributed by atoms with van der Waals surface area (Å²) in [6.07, 6.45) is 6.73. The van der Waals surface area contributed by atoms with Gasteiger partial charge in [-0.1, -0.05) is 0 Å². The van der Waals surface area contributed by atoms with Crippen molar-refractivity contribution in [1.82, 2.24) is 9.78 Å². The molecule has 4 heteroatoms. The minimum absolute atomic E-state index is 0.139. The number of aromatic nitrogens is 2. The Labute approximate surface area is 118 Å². The Hall–Kier alpha value is -2.10. The fourth-order valence-electron chi connectivity index (χ4n) is 2.27. The van der Waals surface area contributed by atoms with Crippen molar-refractivity contribution < 1.29 is 9.53 Å². The van der Waals surface area contributed by atoms with Crippen LogP contribution in [0.4, 0.5) is 0 Å². The molecule has 1 aliphatic rings. The van der Waals surface area contributed by atoms with Gasteiger partial charge in [0.2, 0.25) is 0 Å². The molecule has 1 saturated carbocycles. The number of benzene rings is 1. The molecule has 1 aromatic carbocycles. The quantitative estimate of drug-likeness (QED) is 0.783. The summed E-state index contributed by atoms with van der Waals surface area (Å²) >= 11 is 0. The van der Waals surface area contributed by atoms with E-state index in [1.54, 1.807) is 17.1 Å². The first-order chi connectivity index (χ1) is 9.65. The van der Waals surface area contributed by atoms with Gasteiger partial charge >= 0.3 is 0 Å². The Bertz CT molecular complexity index is 627. The molecule has 1 aliphatic carbocycles. The number of nitrogens with zero attached hydrogens (tertiary/aromatic N) is 2.